The van der Waals surface area contributed by atoms with Crippen LogP contribution >= 0.6 is 11.3 Å². The van der Waals surface area contributed by atoms with Gasteiger partial charge < -0.3 is 9.32 Å². The van der Waals surface area contributed by atoms with Crippen molar-refractivity contribution in [2.24, 2.45) is 7.05 Å². The van der Waals surface area contributed by atoms with Crippen molar-refractivity contribution in [3.05, 3.63) is 46.6 Å². The largest absolute Gasteiger partial charge is 0.459 e. The summed E-state index contributed by atoms with van der Waals surface area (Å²) in [5, 5.41) is 10.9. The first-order valence-corrected chi connectivity index (χ1v) is 8.41. The Kier molecular flexibility index (Phi) is 3.80. The summed E-state index contributed by atoms with van der Waals surface area (Å²) in [5.74, 6) is -0.274. The smallest absolute Gasteiger partial charge is 0.293 e. The summed E-state index contributed by atoms with van der Waals surface area (Å²) in [6, 6.07) is 3.24. The van der Waals surface area contributed by atoms with Crippen LogP contribution in [0.3, 0.4) is 0 Å². The van der Waals surface area contributed by atoms with Crippen LogP contribution in [0.1, 0.15) is 31.6 Å². The number of carbonyl (C=O) groups excluding carboxylic acids is 2. The molecule has 4 heterocycles. The highest BCUT2D eigenvalue weighted by Crippen LogP contribution is 2.29. The topological polar surface area (TPSA) is 106 Å². The SMILES string of the molecule is Cn1cc(C(=O)N2CCc3nc(NC(=O)c4ccco4)sc3C2)nn1. The van der Waals surface area contributed by atoms with E-state index in [-0.39, 0.29) is 17.6 Å². The Labute approximate surface area is 146 Å². The van der Waals surface area contributed by atoms with E-state index < -0.39 is 0 Å². The first-order chi connectivity index (χ1) is 12.1. The Morgan fingerprint density at radius 3 is 3.00 bits per heavy atom. The van der Waals surface area contributed by atoms with E-state index in [1.165, 1.54) is 22.3 Å². The average Bonchev–Trinajstić information content (AvgIpc) is 3.33. The minimum atomic E-state index is -0.344. The molecule has 2 amide bonds. The lowest BCUT2D eigenvalue weighted by Crippen LogP contribution is -2.35. The lowest BCUT2D eigenvalue weighted by atomic mass is 10.1. The minimum absolute atomic E-state index is 0.159. The first kappa shape index (κ1) is 15.5. The monoisotopic (exact) mass is 358 g/mol. The molecule has 0 atom stereocenters. The van der Waals surface area contributed by atoms with E-state index in [0.29, 0.717) is 30.3 Å². The van der Waals surface area contributed by atoms with Gasteiger partial charge in [-0.2, -0.15) is 0 Å². The number of fused-ring (bicyclic) bond motifs is 1. The molecule has 10 heteroatoms. The second-order valence-corrected chi connectivity index (χ2v) is 6.66. The Morgan fingerprint density at radius 1 is 1.40 bits per heavy atom. The highest BCUT2D eigenvalue weighted by Gasteiger charge is 2.27. The fourth-order valence-corrected chi connectivity index (χ4v) is 3.61. The van der Waals surface area contributed by atoms with Crippen LogP contribution in [0.15, 0.2) is 29.0 Å². The number of hydrogen-bond donors (Lipinski definition) is 1. The molecule has 0 spiro atoms. The number of hydrogen-bond acceptors (Lipinski definition) is 7. The molecule has 0 saturated heterocycles. The summed E-state index contributed by atoms with van der Waals surface area (Å²) in [6.45, 7) is 0.997. The van der Waals surface area contributed by atoms with Crippen molar-refractivity contribution in [2.75, 3.05) is 11.9 Å². The van der Waals surface area contributed by atoms with Gasteiger partial charge in [0.15, 0.2) is 16.6 Å². The molecule has 3 aromatic heterocycles. The maximum atomic E-state index is 12.5. The predicted octanol–water partition coefficient (Wildman–Crippen LogP) is 1.32. The van der Waals surface area contributed by atoms with Crippen LogP contribution in [-0.4, -0.2) is 43.2 Å². The Hall–Kier alpha value is -3.01. The number of aromatic nitrogens is 4. The van der Waals surface area contributed by atoms with E-state index in [1.807, 2.05) is 0 Å². The van der Waals surface area contributed by atoms with Gasteiger partial charge in [0.05, 0.1) is 24.7 Å². The molecular formula is C15H14N6O3S. The van der Waals surface area contributed by atoms with Gasteiger partial charge in [-0.1, -0.05) is 16.6 Å². The van der Waals surface area contributed by atoms with Crippen LogP contribution in [0.4, 0.5) is 5.13 Å². The molecule has 1 aliphatic rings. The normalized spacial score (nSPS) is 13.6. The van der Waals surface area contributed by atoms with E-state index in [4.69, 9.17) is 4.42 Å². The van der Waals surface area contributed by atoms with Gasteiger partial charge in [0, 0.05) is 24.9 Å². The van der Waals surface area contributed by atoms with Gasteiger partial charge >= 0.3 is 0 Å². The third-order valence-electron chi connectivity index (χ3n) is 3.81. The quantitative estimate of drug-likeness (QED) is 0.757. The van der Waals surface area contributed by atoms with Gasteiger partial charge in [-0.15, -0.1) is 5.10 Å². The molecule has 1 aliphatic heterocycles. The van der Waals surface area contributed by atoms with E-state index in [2.05, 4.69) is 20.6 Å². The molecule has 1 N–H and O–H groups in total. The summed E-state index contributed by atoms with van der Waals surface area (Å²) in [7, 11) is 1.72. The van der Waals surface area contributed by atoms with Gasteiger partial charge in [0.1, 0.15) is 0 Å². The maximum absolute atomic E-state index is 12.5. The zero-order valence-electron chi connectivity index (χ0n) is 13.3. The summed E-state index contributed by atoms with van der Waals surface area (Å²) >= 11 is 1.36. The second-order valence-electron chi connectivity index (χ2n) is 5.57. The van der Waals surface area contributed by atoms with E-state index in [1.54, 1.807) is 30.3 Å². The molecule has 0 saturated carbocycles. The Morgan fingerprint density at radius 2 is 2.28 bits per heavy atom. The molecule has 3 aromatic rings. The zero-order chi connectivity index (χ0) is 17.4. The lowest BCUT2D eigenvalue weighted by molar-refractivity contribution is 0.0730. The standard InChI is InChI=1S/C15H14N6O3S/c1-20-7-10(18-19-20)14(23)21-5-4-9-12(8-21)25-15(16-9)17-13(22)11-3-2-6-24-11/h2-3,6-7H,4-5,8H2,1H3,(H,16,17,22). The molecule has 0 aromatic carbocycles. The number of anilines is 1. The maximum Gasteiger partial charge on any atom is 0.293 e. The average molecular weight is 358 g/mol. The lowest BCUT2D eigenvalue weighted by Gasteiger charge is -2.25. The van der Waals surface area contributed by atoms with Crippen molar-refractivity contribution in [1.29, 1.82) is 0 Å². The number of amides is 2. The van der Waals surface area contributed by atoms with Crippen LogP contribution in [0.25, 0.3) is 0 Å². The number of furan rings is 1. The van der Waals surface area contributed by atoms with Crippen molar-refractivity contribution in [2.45, 2.75) is 13.0 Å². The van der Waals surface area contributed by atoms with Gasteiger partial charge in [0.25, 0.3) is 11.8 Å². The third kappa shape index (κ3) is 3.03. The molecular weight excluding hydrogens is 344 g/mol. The summed E-state index contributed by atoms with van der Waals surface area (Å²) in [6.07, 6.45) is 3.67. The van der Waals surface area contributed by atoms with Crippen molar-refractivity contribution >= 4 is 28.3 Å². The van der Waals surface area contributed by atoms with Gasteiger partial charge in [0.2, 0.25) is 0 Å². The Balaban J connectivity index is 1.47. The van der Waals surface area contributed by atoms with Crippen LogP contribution in [0.2, 0.25) is 0 Å². The molecule has 128 valence electrons. The molecule has 0 aliphatic carbocycles. The van der Waals surface area contributed by atoms with Crippen molar-refractivity contribution < 1.29 is 14.0 Å². The summed E-state index contributed by atoms with van der Waals surface area (Å²) < 4.78 is 6.56. The number of nitrogens with one attached hydrogen (secondary N) is 1. The molecule has 25 heavy (non-hydrogen) atoms. The van der Waals surface area contributed by atoms with Gasteiger partial charge in [-0.3, -0.25) is 19.6 Å². The third-order valence-corrected chi connectivity index (χ3v) is 4.80. The molecule has 0 radical (unpaired) electrons. The van der Waals surface area contributed by atoms with E-state index in [0.717, 1.165) is 10.6 Å². The fourth-order valence-electron chi connectivity index (χ4n) is 2.60. The van der Waals surface area contributed by atoms with Crippen LogP contribution in [-0.2, 0) is 20.0 Å². The highest BCUT2D eigenvalue weighted by molar-refractivity contribution is 7.15. The van der Waals surface area contributed by atoms with Crippen LogP contribution < -0.4 is 5.32 Å². The van der Waals surface area contributed by atoms with Gasteiger partial charge in [-0.05, 0) is 12.1 Å². The highest BCUT2D eigenvalue weighted by atomic mass is 32.1. The summed E-state index contributed by atoms with van der Waals surface area (Å²) in [5.41, 5.74) is 1.23. The Bertz CT molecular complexity index is 929. The first-order valence-electron chi connectivity index (χ1n) is 7.59. The molecule has 4 rings (SSSR count). The van der Waals surface area contributed by atoms with Crippen molar-refractivity contribution in [3.8, 4) is 0 Å². The second kappa shape index (κ2) is 6.13. The van der Waals surface area contributed by atoms with Crippen LogP contribution in [0.5, 0.6) is 0 Å². The number of carbonyl (C=O) groups is 2. The molecule has 0 fully saturated rings. The van der Waals surface area contributed by atoms with Crippen molar-refractivity contribution in [1.82, 2.24) is 24.9 Å². The van der Waals surface area contributed by atoms with E-state index >= 15 is 0 Å². The number of rotatable bonds is 3. The minimum Gasteiger partial charge on any atom is -0.459 e. The van der Waals surface area contributed by atoms with Crippen molar-refractivity contribution in [3.63, 3.8) is 0 Å². The zero-order valence-corrected chi connectivity index (χ0v) is 14.1. The number of thiazole rings is 1. The predicted molar refractivity (Wildman–Crippen MR) is 88.2 cm³/mol. The summed E-state index contributed by atoms with van der Waals surface area (Å²) in [4.78, 5) is 31.6. The number of nitrogens with zero attached hydrogens (tertiary/aromatic N) is 5. The van der Waals surface area contributed by atoms with Crippen LogP contribution in [0, 0.1) is 0 Å². The van der Waals surface area contributed by atoms with E-state index in [9.17, 15) is 9.59 Å². The fraction of sp³-hybridized carbons (Fsp3) is 0.267. The number of aryl methyl sites for hydroxylation is 1. The van der Waals surface area contributed by atoms with Gasteiger partial charge in [-0.25, -0.2) is 4.98 Å². The molecule has 0 unspecified atom stereocenters. The molecule has 0 bridgehead atoms. The molecule has 9 nitrogen and oxygen atoms in total.